The Hall–Kier alpha value is 1.05. The zero-order valence-corrected chi connectivity index (χ0v) is 7.67. The standard InChI is InChI=1S/C5H11S3/c1-3-6-5-7-8(5)4-2/h5H,3-4H2,1-2H3/q+1. The van der Waals surface area contributed by atoms with Gasteiger partial charge in [-0.05, 0) is 12.7 Å². The zero-order chi connectivity index (χ0) is 5.98. The Morgan fingerprint density at radius 3 is 2.75 bits per heavy atom. The van der Waals surface area contributed by atoms with Gasteiger partial charge in [0.1, 0.15) is 5.75 Å². The van der Waals surface area contributed by atoms with Gasteiger partial charge in [0.05, 0.1) is 9.93 Å². The van der Waals surface area contributed by atoms with Crippen LogP contribution in [0.2, 0.25) is 0 Å². The van der Waals surface area contributed by atoms with E-state index >= 15 is 0 Å². The Labute approximate surface area is 61.9 Å². The zero-order valence-electron chi connectivity index (χ0n) is 5.22. The maximum atomic E-state index is 2.28. The van der Waals surface area contributed by atoms with Crippen molar-refractivity contribution in [2.75, 3.05) is 11.5 Å². The van der Waals surface area contributed by atoms with Crippen LogP contribution in [0.4, 0.5) is 0 Å². The Kier molecular flexibility index (Phi) is 2.93. The van der Waals surface area contributed by atoms with Crippen molar-refractivity contribution in [1.82, 2.24) is 0 Å². The minimum Gasteiger partial charge on any atom is -0.0889 e. The van der Waals surface area contributed by atoms with Crippen LogP contribution < -0.4 is 0 Å². The van der Waals surface area contributed by atoms with E-state index in [0.717, 1.165) is 13.8 Å². The number of hydrogen-bond donors (Lipinski definition) is 0. The summed E-state index contributed by atoms with van der Waals surface area (Å²) in [6, 6.07) is 0. The highest BCUT2D eigenvalue weighted by atomic mass is 33.2. The van der Waals surface area contributed by atoms with Crippen LogP contribution in [0.15, 0.2) is 0 Å². The van der Waals surface area contributed by atoms with Gasteiger partial charge in [-0.2, -0.15) is 0 Å². The molecule has 0 spiro atoms. The summed E-state index contributed by atoms with van der Waals surface area (Å²) in [7, 11) is 2.92. The normalized spacial score (nSPS) is 35.2. The molecule has 0 aromatic heterocycles. The number of thioether (sulfide) groups is 1. The molecule has 0 N–H and O–H groups in total. The lowest BCUT2D eigenvalue weighted by molar-refractivity contribution is 1.51. The van der Waals surface area contributed by atoms with Crippen molar-refractivity contribution >= 4 is 32.5 Å². The summed E-state index contributed by atoms with van der Waals surface area (Å²) >= 11 is 2.11. The third-order valence-electron chi connectivity index (χ3n) is 0.966. The predicted molar refractivity (Wildman–Crippen MR) is 47.4 cm³/mol. The van der Waals surface area contributed by atoms with Gasteiger partial charge < -0.3 is 0 Å². The fourth-order valence-electron chi connectivity index (χ4n) is 0.522. The molecule has 0 aromatic carbocycles. The molecular formula is C5H11S3+. The summed E-state index contributed by atoms with van der Waals surface area (Å²) in [4.78, 5) is 0. The van der Waals surface area contributed by atoms with Crippen molar-refractivity contribution in [3.8, 4) is 0 Å². The fraction of sp³-hybridized carbons (Fsp3) is 1.00. The average Bonchev–Trinajstić information content (AvgIpc) is 2.48. The number of hydrogen-bond acceptors (Lipinski definition) is 2. The molecule has 0 aliphatic carbocycles. The largest absolute Gasteiger partial charge is 0.268 e. The first-order valence-corrected chi connectivity index (χ1v) is 6.77. The van der Waals surface area contributed by atoms with Gasteiger partial charge in [0.15, 0.2) is 10.8 Å². The second-order valence-electron chi connectivity index (χ2n) is 1.51. The van der Waals surface area contributed by atoms with Crippen molar-refractivity contribution in [2.45, 2.75) is 17.8 Å². The monoisotopic (exact) mass is 167 g/mol. The van der Waals surface area contributed by atoms with E-state index < -0.39 is 0 Å². The van der Waals surface area contributed by atoms with Gasteiger partial charge >= 0.3 is 0 Å². The topological polar surface area (TPSA) is 0 Å². The molecule has 0 amide bonds. The first kappa shape index (κ1) is 7.16. The Morgan fingerprint density at radius 1 is 1.62 bits per heavy atom. The lowest BCUT2D eigenvalue weighted by Crippen LogP contribution is -1.85. The minimum atomic E-state index is 0.769. The molecule has 2 unspecified atom stereocenters. The lowest BCUT2D eigenvalue weighted by Gasteiger charge is -1.78. The SMILES string of the molecule is CCSC1S[S+]1CC. The molecule has 0 aromatic rings. The summed E-state index contributed by atoms with van der Waals surface area (Å²) in [6.45, 7) is 4.52. The first-order valence-electron chi connectivity index (χ1n) is 2.87. The quantitative estimate of drug-likeness (QED) is 0.359. The molecule has 3 heteroatoms. The Morgan fingerprint density at radius 2 is 2.38 bits per heavy atom. The molecule has 1 saturated heterocycles. The molecule has 2 atom stereocenters. The molecule has 1 aliphatic rings. The van der Waals surface area contributed by atoms with Gasteiger partial charge in [-0.1, -0.05) is 18.7 Å². The second-order valence-corrected chi connectivity index (χ2v) is 8.12. The van der Waals surface area contributed by atoms with Crippen LogP contribution in [0.25, 0.3) is 0 Å². The summed E-state index contributed by atoms with van der Waals surface area (Å²) < 4.78 is 0.991. The third-order valence-corrected chi connectivity index (χ3v) is 8.11. The average molecular weight is 167 g/mol. The van der Waals surface area contributed by atoms with Crippen LogP contribution in [0.1, 0.15) is 13.8 Å². The van der Waals surface area contributed by atoms with Crippen LogP contribution in [-0.4, -0.2) is 15.4 Å². The molecule has 8 heavy (non-hydrogen) atoms. The summed E-state index contributed by atoms with van der Waals surface area (Å²) in [5, 5.41) is 0. The van der Waals surface area contributed by atoms with Crippen molar-refractivity contribution in [3.05, 3.63) is 0 Å². The maximum absolute atomic E-state index is 2.28. The van der Waals surface area contributed by atoms with E-state index in [1.54, 1.807) is 0 Å². The third kappa shape index (κ3) is 1.78. The fourth-order valence-corrected chi connectivity index (χ4v) is 7.11. The Bertz CT molecular complexity index is 74.1. The van der Waals surface area contributed by atoms with Gasteiger partial charge in [0.2, 0.25) is 0 Å². The van der Waals surface area contributed by atoms with E-state index in [2.05, 4.69) is 36.4 Å². The molecule has 48 valence electrons. The summed E-state index contributed by atoms with van der Waals surface area (Å²) in [5.74, 6) is 2.68. The van der Waals surface area contributed by atoms with Gasteiger partial charge in [-0.3, -0.25) is 0 Å². The first-order chi connectivity index (χ1) is 3.88. The van der Waals surface area contributed by atoms with Gasteiger partial charge in [0, 0.05) is 0 Å². The van der Waals surface area contributed by atoms with E-state index in [9.17, 15) is 0 Å². The lowest BCUT2D eigenvalue weighted by atomic mass is 11.0. The minimum absolute atomic E-state index is 0.769. The molecule has 0 bridgehead atoms. The van der Waals surface area contributed by atoms with Gasteiger partial charge in [0.25, 0.3) is 3.91 Å². The molecule has 0 saturated carbocycles. The summed E-state index contributed by atoms with van der Waals surface area (Å²) in [5.41, 5.74) is 0. The predicted octanol–water partition coefficient (Wildman–Crippen LogP) is 2.32. The van der Waals surface area contributed by atoms with Crippen molar-refractivity contribution in [1.29, 1.82) is 0 Å². The van der Waals surface area contributed by atoms with Crippen LogP contribution >= 0.6 is 22.6 Å². The highest BCUT2D eigenvalue weighted by Gasteiger charge is 2.52. The van der Waals surface area contributed by atoms with Gasteiger partial charge in [-0.25, -0.2) is 0 Å². The van der Waals surface area contributed by atoms with Crippen molar-refractivity contribution < 1.29 is 0 Å². The van der Waals surface area contributed by atoms with Crippen molar-refractivity contribution in [3.63, 3.8) is 0 Å². The van der Waals surface area contributed by atoms with E-state index in [1.165, 1.54) is 11.5 Å². The van der Waals surface area contributed by atoms with E-state index in [-0.39, 0.29) is 0 Å². The Balaban J connectivity index is 1.99. The van der Waals surface area contributed by atoms with Crippen molar-refractivity contribution in [2.24, 2.45) is 0 Å². The second kappa shape index (κ2) is 3.28. The van der Waals surface area contributed by atoms with Crippen LogP contribution in [0.5, 0.6) is 0 Å². The van der Waals surface area contributed by atoms with Gasteiger partial charge in [-0.15, -0.1) is 0 Å². The molecule has 1 heterocycles. The van der Waals surface area contributed by atoms with E-state index in [0.29, 0.717) is 0 Å². The molecule has 1 rings (SSSR count). The highest BCUT2D eigenvalue weighted by Crippen LogP contribution is 2.53. The molecule has 0 nitrogen and oxygen atoms in total. The summed E-state index contributed by atoms with van der Waals surface area (Å²) in [6.07, 6.45) is 0. The van der Waals surface area contributed by atoms with Crippen LogP contribution in [0.3, 0.4) is 0 Å². The highest BCUT2D eigenvalue weighted by molar-refractivity contribution is 8.94. The van der Waals surface area contributed by atoms with Crippen LogP contribution in [0, 0.1) is 0 Å². The van der Waals surface area contributed by atoms with E-state index in [4.69, 9.17) is 0 Å². The smallest absolute Gasteiger partial charge is 0.0889 e. The molecule has 0 radical (unpaired) electrons. The van der Waals surface area contributed by atoms with E-state index in [1.807, 2.05) is 0 Å². The molecular weight excluding hydrogens is 156 g/mol. The molecule has 1 fully saturated rings. The van der Waals surface area contributed by atoms with Crippen LogP contribution in [-0.2, 0) is 9.93 Å². The maximum Gasteiger partial charge on any atom is 0.268 e. The number of rotatable bonds is 3. The molecule has 1 aliphatic heterocycles.